The lowest BCUT2D eigenvalue weighted by Gasteiger charge is -2.30. The predicted molar refractivity (Wildman–Crippen MR) is 83.2 cm³/mol. The summed E-state index contributed by atoms with van der Waals surface area (Å²) in [6.07, 6.45) is 7.29. The number of carbonyl (C=O) groups is 2. The first-order chi connectivity index (χ1) is 10.6. The molecule has 6 nitrogen and oxygen atoms in total. The Morgan fingerprint density at radius 1 is 1.32 bits per heavy atom. The summed E-state index contributed by atoms with van der Waals surface area (Å²) in [5.74, 6) is 0.0357. The molecule has 6 heteroatoms. The van der Waals surface area contributed by atoms with Gasteiger partial charge in [0.25, 0.3) is 5.91 Å². The smallest absolute Gasteiger partial charge is 0.287 e. The molecule has 1 aromatic rings. The number of rotatable bonds is 6. The van der Waals surface area contributed by atoms with Crippen LogP contribution >= 0.6 is 0 Å². The number of carbonyl (C=O) groups excluding carboxylic acids is 2. The van der Waals surface area contributed by atoms with E-state index in [1.807, 2.05) is 0 Å². The first-order valence-electron chi connectivity index (χ1n) is 7.96. The first-order valence-corrected chi connectivity index (χ1v) is 7.96. The Labute approximate surface area is 130 Å². The van der Waals surface area contributed by atoms with Gasteiger partial charge in [-0.25, -0.2) is 0 Å². The molecule has 1 saturated carbocycles. The molecule has 0 aromatic carbocycles. The molecule has 2 atom stereocenters. The van der Waals surface area contributed by atoms with Crippen molar-refractivity contribution in [2.75, 3.05) is 6.54 Å². The Hall–Kier alpha value is -1.82. The van der Waals surface area contributed by atoms with Crippen molar-refractivity contribution in [2.24, 2.45) is 11.7 Å². The number of hydrogen-bond acceptors (Lipinski definition) is 4. The third kappa shape index (κ3) is 4.34. The minimum Gasteiger partial charge on any atom is -0.459 e. The zero-order valence-corrected chi connectivity index (χ0v) is 13.0. The van der Waals surface area contributed by atoms with Crippen LogP contribution in [0.4, 0.5) is 0 Å². The molecule has 1 heterocycles. The molecule has 1 aliphatic carbocycles. The van der Waals surface area contributed by atoms with Crippen molar-refractivity contribution in [1.29, 1.82) is 0 Å². The number of nitrogens with two attached hydrogens (primary N) is 1. The minimum atomic E-state index is -0.629. The SMILES string of the molecule is CC(NC(=O)c1ccco1)C(=O)NC(CN)C1CCCCC1. The lowest BCUT2D eigenvalue weighted by molar-refractivity contribution is -0.123. The average Bonchev–Trinajstić information content (AvgIpc) is 3.07. The maximum absolute atomic E-state index is 12.2. The van der Waals surface area contributed by atoms with Gasteiger partial charge in [0.05, 0.1) is 6.26 Å². The third-order valence-corrected chi connectivity index (χ3v) is 4.29. The molecular weight excluding hydrogens is 282 g/mol. The first kappa shape index (κ1) is 16.5. The highest BCUT2D eigenvalue weighted by atomic mass is 16.3. The largest absolute Gasteiger partial charge is 0.459 e. The van der Waals surface area contributed by atoms with Gasteiger partial charge in [0, 0.05) is 12.6 Å². The van der Waals surface area contributed by atoms with E-state index in [2.05, 4.69) is 10.6 Å². The van der Waals surface area contributed by atoms with E-state index in [1.165, 1.54) is 25.5 Å². The third-order valence-electron chi connectivity index (χ3n) is 4.29. The van der Waals surface area contributed by atoms with Crippen LogP contribution in [0.3, 0.4) is 0 Å². The number of nitrogens with one attached hydrogen (secondary N) is 2. The summed E-state index contributed by atoms with van der Waals surface area (Å²) in [4.78, 5) is 24.1. The van der Waals surface area contributed by atoms with E-state index in [-0.39, 0.29) is 17.7 Å². The van der Waals surface area contributed by atoms with E-state index in [1.54, 1.807) is 19.1 Å². The quantitative estimate of drug-likeness (QED) is 0.740. The highest BCUT2D eigenvalue weighted by Gasteiger charge is 2.26. The summed E-state index contributed by atoms with van der Waals surface area (Å²) in [5.41, 5.74) is 5.81. The molecule has 0 bridgehead atoms. The maximum atomic E-state index is 12.2. The molecule has 0 radical (unpaired) electrons. The second-order valence-corrected chi connectivity index (χ2v) is 5.92. The Balaban J connectivity index is 1.85. The second-order valence-electron chi connectivity index (χ2n) is 5.92. The fourth-order valence-electron chi connectivity index (χ4n) is 2.95. The average molecular weight is 307 g/mol. The standard InChI is InChI=1S/C16H25N3O3/c1-11(18-16(21)14-8-5-9-22-14)15(20)19-13(10-17)12-6-3-2-4-7-12/h5,8-9,11-13H,2-4,6-7,10,17H2,1H3,(H,18,21)(H,19,20). The molecule has 0 spiro atoms. The van der Waals surface area contributed by atoms with E-state index in [9.17, 15) is 9.59 Å². The molecular formula is C16H25N3O3. The zero-order valence-electron chi connectivity index (χ0n) is 13.0. The van der Waals surface area contributed by atoms with Crippen molar-refractivity contribution in [2.45, 2.75) is 51.1 Å². The summed E-state index contributed by atoms with van der Waals surface area (Å²) in [7, 11) is 0. The van der Waals surface area contributed by atoms with Gasteiger partial charge in [0.15, 0.2) is 5.76 Å². The van der Waals surface area contributed by atoms with Crippen molar-refractivity contribution < 1.29 is 14.0 Å². The molecule has 4 N–H and O–H groups in total. The van der Waals surface area contributed by atoms with Crippen molar-refractivity contribution in [3.8, 4) is 0 Å². The van der Waals surface area contributed by atoms with Gasteiger partial charge in [-0.15, -0.1) is 0 Å². The topological polar surface area (TPSA) is 97.4 Å². The lowest BCUT2D eigenvalue weighted by Crippen LogP contribution is -2.52. The monoisotopic (exact) mass is 307 g/mol. The van der Waals surface area contributed by atoms with Crippen LogP contribution in [0.5, 0.6) is 0 Å². The van der Waals surface area contributed by atoms with Gasteiger partial charge in [-0.05, 0) is 37.8 Å². The number of amides is 2. The van der Waals surface area contributed by atoms with E-state index in [0.717, 1.165) is 12.8 Å². The lowest BCUT2D eigenvalue weighted by atomic mass is 9.84. The van der Waals surface area contributed by atoms with E-state index in [0.29, 0.717) is 12.5 Å². The van der Waals surface area contributed by atoms with E-state index < -0.39 is 11.9 Å². The van der Waals surface area contributed by atoms with Gasteiger partial charge in [-0.2, -0.15) is 0 Å². The fraction of sp³-hybridized carbons (Fsp3) is 0.625. The number of hydrogen-bond donors (Lipinski definition) is 3. The Bertz CT molecular complexity index is 481. The molecule has 0 aliphatic heterocycles. The predicted octanol–water partition coefficient (Wildman–Crippen LogP) is 1.42. The Morgan fingerprint density at radius 2 is 2.05 bits per heavy atom. The summed E-state index contributed by atoms with van der Waals surface area (Å²) < 4.78 is 5.01. The highest BCUT2D eigenvalue weighted by Crippen LogP contribution is 2.26. The van der Waals surface area contributed by atoms with Crippen molar-refractivity contribution in [1.82, 2.24) is 10.6 Å². The van der Waals surface area contributed by atoms with Crippen molar-refractivity contribution in [3.05, 3.63) is 24.2 Å². The van der Waals surface area contributed by atoms with Crippen LogP contribution in [0.25, 0.3) is 0 Å². The van der Waals surface area contributed by atoms with Crippen LogP contribution in [0.2, 0.25) is 0 Å². The summed E-state index contributed by atoms with van der Waals surface area (Å²) in [6, 6.07) is 2.55. The molecule has 122 valence electrons. The highest BCUT2D eigenvalue weighted by molar-refractivity contribution is 5.95. The van der Waals surface area contributed by atoms with Crippen LogP contribution in [-0.4, -0.2) is 30.4 Å². The second kappa shape index (κ2) is 7.98. The minimum absolute atomic E-state index is 0.0178. The Morgan fingerprint density at radius 3 is 2.64 bits per heavy atom. The molecule has 22 heavy (non-hydrogen) atoms. The Kier molecular flexibility index (Phi) is 6.00. The molecule has 1 fully saturated rings. The molecule has 2 rings (SSSR count). The molecule has 0 saturated heterocycles. The maximum Gasteiger partial charge on any atom is 0.287 e. The van der Waals surface area contributed by atoms with Gasteiger partial charge in [-0.3, -0.25) is 9.59 Å². The van der Waals surface area contributed by atoms with Gasteiger partial charge in [0.2, 0.25) is 5.91 Å². The fourth-order valence-corrected chi connectivity index (χ4v) is 2.95. The van der Waals surface area contributed by atoms with Crippen molar-refractivity contribution in [3.63, 3.8) is 0 Å². The van der Waals surface area contributed by atoms with Crippen molar-refractivity contribution >= 4 is 11.8 Å². The molecule has 2 unspecified atom stereocenters. The van der Waals surface area contributed by atoms with Crippen LogP contribution in [-0.2, 0) is 4.79 Å². The summed E-state index contributed by atoms with van der Waals surface area (Å²) >= 11 is 0. The molecule has 1 aromatic heterocycles. The van der Waals surface area contributed by atoms with Crippen LogP contribution < -0.4 is 16.4 Å². The van der Waals surface area contributed by atoms with Gasteiger partial charge in [0.1, 0.15) is 6.04 Å². The van der Waals surface area contributed by atoms with Crippen LogP contribution in [0.15, 0.2) is 22.8 Å². The van der Waals surface area contributed by atoms with E-state index >= 15 is 0 Å². The van der Waals surface area contributed by atoms with Gasteiger partial charge in [-0.1, -0.05) is 19.3 Å². The zero-order chi connectivity index (χ0) is 15.9. The van der Waals surface area contributed by atoms with Crippen LogP contribution in [0, 0.1) is 5.92 Å². The summed E-state index contributed by atoms with van der Waals surface area (Å²) in [6.45, 7) is 2.08. The molecule has 2 amide bonds. The van der Waals surface area contributed by atoms with Gasteiger partial charge < -0.3 is 20.8 Å². The normalized spacial score (nSPS) is 18.5. The van der Waals surface area contributed by atoms with Gasteiger partial charge >= 0.3 is 0 Å². The number of furan rings is 1. The molecule has 1 aliphatic rings. The summed E-state index contributed by atoms with van der Waals surface area (Å²) in [5, 5.41) is 5.61. The van der Waals surface area contributed by atoms with Crippen LogP contribution in [0.1, 0.15) is 49.6 Å². The van der Waals surface area contributed by atoms with E-state index in [4.69, 9.17) is 10.2 Å².